The third-order valence-electron chi connectivity index (χ3n) is 2.40. The smallest absolute Gasteiger partial charge is 0.229 e. The Kier molecular flexibility index (Phi) is 5.00. The lowest BCUT2D eigenvalue weighted by molar-refractivity contribution is 0.922. The van der Waals surface area contributed by atoms with Crippen molar-refractivity contribution in [2.75, 3.05) is 17.2 Å². The summed E-state index contributed by atoms with van der Waals surface area (Å²) >= 11 is 5.86. The van der Waals surface area contributed by atoms with Crippen molar-refractivity contribution in [3.63, 3.8) is 0 Å². The molecule has 0 saturated carbocycles. The molecule has 7 nitrogen and oxygen atoms in total. The first-order chi connectivity index (χ1) is 9.67. The second kappa shape index (κ2) is 6.95. The van der Waals surface area contributed by atoms with Crippen LogP contribution in [-0.2, 0) is 6.54 Å². The number of nitrogens with one attached hydrogen (secondary N) is 2. The van der Waals surface area contributed by atoms with E-state index in [1.54, 1.807) is 12.4 Å². The molecule has 2 aromatic heterocycles. The zero-order chi connectivity index (χ0) is 14.4. The van der Waals surface area contributed by atoms with E-state index in [9.17, 15) is 0 Å². The van der Waals surface area contributed by atoms with Crippen LogP contribution in [-0.4, -0.2) is 31.5 Å². The highest BCUT2D eigenvalue weighted by molar-refractivity contribution is 6.28. The van der Waals surface area contributed by atoms with Gasteiger partial charge in [-0.25, -0.2) is 0 Å². The summed E-state index contributed by atoms with van der Waals surface area (Å²) in [5.41, 5.74) is 1.68. The maximum Gasteiger partial charge on any atom is 0.229 e. The Balaban J connectivity index is 2.01. The maximum atomic E-state index is 5.86. The number of hydrogen-bond donors (Lipinski definition) is 2. The van der Waals surface area contributed by atoms with Crippen LogP contribution in [0.2, 0.25) is 5.28 Å². The minimum Gasteiger partial charge on any atom is -0.354 e. The third-order valence-corrected chi connectivity index (χ3v) is 2.57. The Bertz CT molecular complexity index is 558. The van der Waals surface area contributed by atoms with Crippen LogP contribution >= 0.6 is 11.6 Å². The van der Waals surface area contributed by atoms with Crippen LogP contribution in [0.1, 0.15) is 24.7 Å². The lowest BCUT2D eigenvalue weighted by Gasteiger charge is -2.07. The van der Waals surface area contributed by atoms with Gasteiger partial charge in [-0.2, -0.15) is 15.0 Å². The summed E-state index contributed by atoms with van der Waals surface area (Å²) in [6.07, 6.45) is 4.40. The summed E-state index contributed by atoms with van der Waals surface area (Å²) in [5, 5.41) is 6.26. The van der Waals surface area contributed by atoms with E-state index in [4.69, 9.17) is 11.6 Å². The van der Waals surface area contributed by atoms with Crippen LogP contribution in [0.25, 0.3) is 0 Å². The summed E-state index contributed by atoms with van der Waals surface area (Å²) in [6.45, 7) is 5.21. The van der Waals surface area contributed by atoms with E-state index in [1.165, 1.54) is 0 Å². The Morgan fingerprint density at radius 2 is 1.80 bits per heavy atom. The topological polar surface area (TPSA) is 88.5 Å². The average Bonchev–Trinajstić information content (AvgIpc) is 2.44. The summed E-state index contributed by atoms with van der Waals surface area (Å²) in [5.74, 6) is 0.871. The van der Waals surface area contributed by atoms with Gasteiger partial charge in [-0.1, -0.05) is 6.92 Å². The van der Waals surface area contributed by atoms with Crippen molar-refractivity contribution in [3.8, 4) is 0 Å². The summed E-state index contributed by atoms with van der Waals surface area (Å²) in [6, 6.07) is 0. The number of nitrogens with zero attached hydrogens (tertiary/aromatic N) is 5. The molecule has 0 amide bonds. The molecular formula is C12H16ClN7. The summed E-state index contributed by atoms with van der Waals surface area (Å²) in [7, 11) is 0. The first-order valence-corrected chi connectivity index (χ1v) is 6.72. The second-order valence-electron chi connectivity index (χ2n) is 4.18. The molecule has 0 aromatic carbocycles. The molecule has 0 fully saturated rings. The van der Waals surface area contributed by atoms with E-state index in [0.29, 0.717) is 18.4 Å². The number of anilines is 2. The molecule has 0 aliphatic heterocycles. The van der Waals surface area contributed by atoms with Crippen LogP contribution in [0.15, 0.2) is 12.4 Å². The molecule has 0 atom stereocenters. The van der Waals surface area contributed by atoms with Crippen molar-refractivity contribution < 1.29 is 0 Å². The van der Waals surface area contributed by atoms with Gasteiger partial charge in [-0.3, -0.25) is 9.97 Å². The summed E-state index contributed by atoms with van der Waals surface area (Å²) in [4.78, 5) is 20.7. The molecule has 0 bridgehead atoms. The van der Waals surface area contributed by atoms with Gasteiger partial charge in [0.25, 0.3) is 0 Å². The van der Waals surface area contributed by atoms with Crippen molar-refractivity contribution in [1.82, 2.24) is 24.9 Å². The van der Waals surface area contributed by atoms with Gasteiger partial charge < -0.3 is 10.6 Å². The molecule has 2 aromatic rings. The standard InChI is InChI=1S/C12H16ClN7/c1-3-4-14-11-18-10(13)19-12(20-11)17-7-9-6-15-8(2)5-16-9/h5-6H,3-4,7H2,1-2H3,(H2,14,17,18,19,20). The van der Waals surface area contributed by atoms with Crippen molar-refractivity contribution >= 4 is 23.5 Å². The Morgan fingerprint density at radius 1 is 1.05 bits per heavy atom. The minimum atomic E-state index is 0.149. The van der Waals surface area contributed by atoms with Crippen molar-refractivity contribution in [2.45, 2.75) is 26.8 Å². The van der Waals surface area contributed by atoms with Gasteiger partial charge in [0.15, 0.2) is 0 Å². The fourth-order valence-electron chi connectivity index (χ4n) is 1.43. The number of rotatable bonds is 6. The normalized spacial score (nSPS) is 10.3. The predicted molar refractivity (Wildman–Crippen MR) is 77.7 cm³/mol. The van der Waals surface area contributed by atoms with Gasteiger partial charge in [-0.05, 0) is 24.9 Å². The van der Waals surface area contributed by atoms with Gasteiger partial charge in [0.1, 0.15) is 0 Å². The van der Waals surface area contributed by atoms with Gasteiger partial charge >= 0.3 is 0 Å². The Morgan fingerprint density at radius 3 is 2.45 bits per heavy atom. The Hall–Kier alpha value is -2.02. The first kappa shape index (κ1) is 14.4. The largest absolute Gasteiger partial charge is 0.354 e. The molecular weight excluding hydrogens is 278 g/mol. The Labute approximate surface area is 122 Å². The van der Waals surface area contributed by atoms with Gasteiger partial charge in [0.2, 0.25) is 17.2 Å². The highest BCUT2D eigenvalue weighted by atomic mass is 35.5. The lowest BCUT2D eigenvalue weighted by atomic mass is 10.4. The van der Waals surface area contributed by atoms with Crippen LogP contribution in [0.4, 0.5) is 11.9 Å². The van der Waals surface area contributed by atoms with E-state index < -0.39 is 0 Å². The molecule has 2 rings (SSSR count). The number of aromatic nitrogens is 5. The number of halogens is 1. The average molecular weight is 294 g/mol. The lowest BCUT2D eigenvalue weighted by Crippen LogP contribution is -2.10. The van der Waals surface area contributed by atoms with E-state index >= 15 is 0 Å². The monoisotopic (exact) mass is 293 g/mol. The van der Waals surface area contributed by atoms with Crippen molar-refractivity contribution in [1.29, 1.82) is 0 Å². The molecule has 20 heavy (non-hydrogen) atoms. The fourth-order valence-corrected chi connectivity index (χ4v) is 1.59. The third kappa shape index (κ3) is 4.27. The maximum absolute atomic E-state index is 5.86. The SMILES string of the molecule is CCCNc1nc(Cl)nc(NCc2cnc(C)cn2)n1. The number of hydrogen-bond acceptors (Lipinski definition) is 7. The molecule has 0 unspecified atom stereocenters. The molecule has 2 heterocycles. The molecule has 106 valence electrons. The van der Waals surface area contributed by atoms with Gasteiger partial charge in [-0.15, -0.1) is 0 Å². The number of aryl methyl sites for hydroxylation is 1. The van der Waals surface area contributed by atoms with Gasteiger partial charge in [0.05, 0.1) is 24.1 Å². The predicted octanol–water partition coefficient (Wildman–Crippen LogP) is 2.06. The summed E-state index contributed by atoms with van der Waals surface area (Å²) < 4.78 is 0. The zero-order valence-corrected chi connectivity index (χ0v) is 12.1. The van der Waals surface area contributed by atoms with E-state index in [1.807, 2.05) is 6.92 Å². The van der Waals surface area contributed by atoms with Crippen molar-refractivity contribution in [3.05, 3.63) is 29.1 Å². The second-order valence-corrected chi connectivity index (χ2v) is 4.52. The molecule has 0 aliphatic rings. The molecule has 0 spiro atoms. The molecule has 8 heteroatoms. The molecule has 0 saturated heterocycles. The zero-order valence-electron chi connectivity index (χ0n) is 11.4. The van der Waals surface area contributed by atoms with E-state index in [2.05, 4.69) is 42.5 Å². The van der Waals surface area contributed by atoms with E-state index in [0.717, 1.165) is 24.4 Å². The van der Waals surface area contributed by atoms with Crippen LogP contribution < -0.4 is 10.6 Å². The van der Waals surface area contributed by atoms with E-state index in [-0.39, 0.29) is 5.28 Å². The highest BCUT2D eigenvalue weighted by Crippen LogP contribution is 2.10. The molecule has 2 N–H and O–H groups in total. The minimum absolute atomic E-state index is 0.149. The quantitative estimate of drug-likeness (QED) is 0.842. The van der Waals surface area contributed by atoms with Crippen LogP contribution in [0, 0.1) is 6.92 Å². The van der Waals surface area contributed by atoms with Crippen LogP contribution in [0.5, 0.6) is 0 Å². The fraction of sp³-hybridized carbons (Fsp3) is 0.417. The first-order valence-electron chi connectivity index (χ1n) is 6.34. The van der Waals surface area contributed by atoms with Crippen molar-refractivity contribution in [2.24, 2.45) is 0 Å². The van der Waals surface area contributed by atoms with Crippen LogP contribution in [0.3, 0.4) is 0 Å². The van der Waals surface area contributed by atoms with Gasteiger partial charge in [0, 0.05) is 12.7 Å². The highest BCUT2D eigenvalue weighted by Gasteiger charge is 2.04. The molecule has 0 radical (unpaired) electrons. The molecule has 0 aliphatic carbocycles.